The van der Waals surface area contributed by atoms with Gasteiger partial charge in [0, 0.05) is 23.7 Å². The molecule has 0 aliphatic carbocycles. The minimum Gasteiger partial charge on any atom is -0.406 e. The summed E-state index contributed by atoms with van der Waals surface area (Å²) >= 11 is 7.16. The molecule has 31 heavy (non-hydrogen) atoms. The summed E-state index contributed by atoms with van der Waals surface area (Å²) in [6.45, 7) is 0.0222. The van der Waals surface area contributed by atoms with E-state index in [1.54, 1.807) is 5.38 Å². The van der Waals surface area contributed by atoms with E-state index in [1.807, 2.05) is 0 Å². The van der Waals surface area contributed by atoms with Gasteiger partial charge in [-0.15, -0.1) is 24.5 Å². The third-order valence-corrected chi connectivity index (χ3v) is 6.39. The van der Waals surface area contributed by atoms with Gasteiger partial charge in [0.25, 0.3) is 15.9 Å². The molecular formula is C18H13ClF3N3O4S2. The van der Waals surface area contributed by atoms with E-state index in [2.05, 4.69) is 19.8 Å². The number of nitrogens with one attached hydrogen (secondary N) is 2. The van der Waals surface area contributed by atoms with E-state index in [9.17, 15) is 26.4 Å². The van der Waals surface area contributed by atoms with E-state index in [0.29, 0.717) is 5.56 Å². The number of alkyl halides is 3. The molecule has 2 aromatic carbocycles. The fourth-order valence-corrected chi connectivity index (χ4v) is 4.73. The number of carbonyl (C=O) groups is 1. The second-order valence-electron chi connectivity index (χ2n) is 5.96. The number of hydrogen-bond donors (Lipinski definition) is 2. The lowest BCUT2D eigenvalue weighted by molar-refractivity contribution is -0.274. The Bertz CT molecular complexity index is 1170. The molecule has 164 valence electrons. The van der Waals surface area contributed by atoms with Crippen LogP contribution in [0.5, 0.6) is 5.75 Å². The summed E-state index contributed by atoms with van der Waals surface area (Å²) < 4.78 is 67.4. The van der Waals surface area contributed by atoms with E-state index in [-0.39, 0.29) is 32.9 Å². The van der Waals surface area contributed by atoms with Gasteiger partial charge in [0.2, 0.25) is 0 Å². The van der Waals surface area contributed by atoms with Crippen molar-refractivity contribution in [2.24, 2.45) is 0 Å². The van der Waals surface area contributed by atoms with Crippen molar-refractivity contribution in [2.75, 3.05) is 4.72 Å². The molecule has 1 aromatic heterocycles. The summed E-state index contributed by atoms with van der Waals surface area (Å²) in [6.07, 6.45) is -3.35. The Balaban J connectivity index is 1.64. The predicted molar refractivity (Wildman–Crippen MR) is 109 cm³/mol. The average Bonchev–Trinajstić information content (AvgIpc) is 3.18. The number of carbonyl (C=O) groups excluding carboxylic acids is 1. The third-order valence-electron chi connectivity index (χ3n) is 3.75. The summed E-state index contributed by atoms with van der Waals surface area (Å²) in [5, 5.41) is 4.18. The van der Waals surface area contributed by atoms with Crippen LogP contribution in [0.2, 0.25) is 5.02 Å². The molecule has 0 unspecified atom stereocenters. The van der Waals surface area contributed by atoms with Crippen molar-refractivity contribution in [1.29, 1.82) is 0 Å². The lowest BCUT2D eigenvalue weighted by Gasteiger charge is -2.11. The first-order chi connectivity index (χ1) is 14.5. The van der Waals surface area contributed by atoms with Crippen LogP contribution in [-0.4, -0.2) is 25.7 Å². The predicted octanol–water partition coefficient (Wildman–Crippen LogP) is 4.43. The molecule has 3 aromatic rings. The number of sulfonamides is 1. The molecule has 0 atom stereocenters. The highest BCUT2D eigenvalue weighted by molar-refractivity contribution is 7.93. The number of ether oxygens (including phenoxy) is 1. The number of rotatable bonds is 7. The van der Waals surface area contributed by atoms with Gasteiger partial charge < -0.3 is 10.1 Å². The first-order valence-electron chi connectivity index (χ1n) is 8.38. The number of anilines is 1. The number of halogens is 4. The molecule has 0 aliphatic heterocycles. The Morgan fingerprint density at radius 2 is 1.87 bits per heavy atom. The summed E-state index contributed by atoms with van der Waals surface area (Å²) in [7, 11) is -3.99. The van der Waals surface area contributed by atoms with Gasteiger partial charge in [-0.05, 0) is 35.9 Å². The van der Waals surface area contributed by atoms with Gasteiger partial charge in [0.15, 0.2) is 5.13 Å². The van der Waals surface area contributed by atoms with Crippen molar-refractivity contribution in [2.45, 2.75) is 17.8 Å². The number of amides is 1. The number of aromatic nitrogens is 1. The molecule has 0 saturated heterocycles. The van der Waals surface area contributed by atoms with Crippen molar-refractivity contribution in [3.63, 3.8) is 0 Å². The van der Waals surface area contributed by atoms with Crippen LogP contribution in [0, 0.1) is 0 Å². The van der Waals surface area contributed by atoms with Crippen molar-refractivity contribution < 1.29 is 31.1 Å². The fraction of sp³-hybridized carbons (Fsp3) is 0.111. The Morgan fingerprint density at radius 3 is 2.45 bits per heavy atom. The number of hydrogen-bond acceptors (Lipinski definition) is 6. The first-order valence-corrected chi connectivity index (χ1v) is 11.1. The second-order valence-corrected chi connectivity index (χ2v) is 8.91. The van der Waals surface area contributed by atoms with Gasteiger partial charge in [0.1, 0.15) is 10.6 Å². The molecule has 3 rings (SSSR count). The first kappa shape index (κ1) is 22.8. The van der Waals surface area contributed by atoms with Crippen molar-refractivity contribution in [3.05, 3.63) is 70.2 Å². The van der Waals surface area contributed by atoms with Crippen LogP contribution in [-0.2, 0) is 16.6 Å². The Kier molecular flexibility index (Phi) is 6.72. The number of thiazole rings is 1. The zero-order valence-corrected chi connectivity index (χ0v) is 17.7. The Morgan fingerprint density at radius 1 is 1.16 bits per heavy atom. The van der Waals surface area contributed by atoms with E-state index < -0.39 is 22.3 Å². The van der Waals surface area contributed by atoms with Crippen LogP contribution in [0.25, 0.3) is 0 Å². The van der Waals surface area contributed by atoms with E-state index in [1.165, 1.54) is 36.5 Å². The molecule has 7 nitrogen and oxygen atoms in total. The quantitative estimate of drug-likeness (QED) is 0.509. The van der Waals surface area contributed by atoms with Gasteiger partial charge in [-0.2, -0.15) is 0 Å². The molecule has 0 bridgehead atoms. The summed E-state index contributed by atoms with van der Waals surface area (Å²) in [5.74, 6) is -0.924. The molecule has 0 aliphatic rings. The van der Waals surface area contributed by atoms with Gasteiger partial charge in [-0.25, -0.2) is 13.4 Å². The van der Waals surface area contributed by atoms with Crippen LogP contribution in [0.1, 0.15) is 15.9 Å². The third kappa shape index (κ3) is 6.32. The number of benzene rings is 2. The maximum Gasteiger partial charge on any atom is 0.573 e. The zero-order chi connectivity index (χ0) is 22.6. The highest BCUT2D eigenvalue weighted by atomic mass is 35.5. The molecule has 13 heteroatoms. The normalized spacial score (nSPS) is 11.7. The van der Waals surface area contributed by atoms with Crippen LogP contribution in [0.3, 0.4) is 0 Å². The monoisotopic (exact) mass is 491 g/mol. The Hall–Kier alpha value is -2.83. The molecular weight excluding hydrogens is 479 g/mol. The molecule has 0 saturated carbocycles. The standard InChI is InChI=1S/C18H13ClF3N3O4S2/c19-14-9-12(3-6-15(14)31(27,28)25-17-23-7-8-30-17)16(26)24-10-11-1-4-13(5-2-11)29-18(20,21)22/h1-9H,10H2,(H,23,25)(H,24,26). The average molecular weight is 492 g/mol. The lowest BCUT2D eigenvalue weighted by atomic mass is 10.2. The zero-order valence-electron chi connectivity index (χ0n) is 15.3. The summed E-state index contributed by atoms with van der Waals surface area (Å²) in [5.41, 5.74) is 0.635. The number of nitrogens with zero attached hydrogens (tertiary/aromatic N) is 1. The lowest BCUT2D eigenvalue weighted by Crippen LogP contribution is -2.23. The van der Waals surface area contributed by atoms with E-state index in [4.69, 9.17) is 11.6 Å². The van der Waals surface area contributed by atoms with Crippen LogP contribution < -0.4 is 14.8 Å². The molecule has 1 heterocycles. The SMILES string of the molecule is O=C(NCc1ccc(OC(F)(F)F)cc1)c1ccc(S(=O)(=O)Nc2nccs2)c(Cl)c1. The van der Waals surface area contributed by atoms with E-state index in [0.717, 1.165) is 23.5 Å². The van der Waals surface area contributed by atoms with Gasteiger partial charge in [0.05, 0.1) is 5.02 Å². The molecule has 0 fully saturated rings. The van der Waals surface area contributed by atoms with Gasteiger partial charge in [-0.1, -0.05) is 23.7 Å². The molecule has 2 N–H and O–H groups in total. The largest absolute Gasteiger partial charge is 0.573 e. The highest BCUT2D eigenvalue weighted by Gasteiger charge is 2.31. The van der Waals surface area contributed by atoms with Crippen LogP contribution in [0.4, 0.5) is 18.3 Å². The Labute approximate surface area is 183 Å². The summed E-state index contributed by atoms with van der Waals surface area (Å²) in [6, 6.07) is 8.67. The highest BCUT2D eigenvalue weighted by Crippen LogP contribution is 2.26. The molecule has 1 amide bonds. The van der Waals surface area contributed by atoms with Gasteiger partial charge >= 0.3 is 6.36 Å². The molecule has 0 spiro atoms. The minimum atomic E-state index is -4.79. The summed E-state index contributed by atoms with van der Waals surface area (Å²) in [4.78, 5) is 15.9. The second kappa shape index (κ2) is 9.12. The maximum absolute atomic E-state index is 12.4. The van der Waals surface area contributed by atoms with Crippen LogP contribution >= 0.6 is 22.9 Å². The van der Waals surface area contributed by atoms with Gasteiger partial charge in [-0.3, -0.25) is 9.52 Å². The maximum atomic E-state index is 12.4. The van der Waals surface area contributed by atoms with E-state index >= 15 is 0 Å². The topological polar surface area (TPSA) is 97.4 Å². The minimum absolute atomic E-state index is 0.0222. The molecule has 0 radical (unpaired) electrons. The van der Waals surface area contributed by atoms with Crippen molar-refractivity contribution >= 4 is 44.0 Å². The van der Waals surface area contributed by atoms with Crippen molar-refractivity contribution in [1.82, 2.24) is 10.3 Å². The van der Waals surface area contributed by atoms with Crippen LogP contribution in [0.15, 0.2) is 58.9 Å². The van der Waals surface area contributed by atoms with Crippen molar-refractivity contribution in [3.8, 4) is 5.75 Å². The fourth-order valence-electron chi connectivity index (χ4n) is 2.40. The smallest absolute Gasteiger partial charge is 0.406 e.